The summed E-state index contributed by atoms with van der Waals surface area (Å²) in [5.41, 5.74) is 2.69. The van der Waals surface area contributed by atoms with Crippen LogP contribution in [0.3, 0.4) is 0 Å². The summed E-state index contributed by atoms with van der Waals surface area (Å²) >= 11 is 0. The first kappa shape index (κ1) is 17.4. The molecule has 5 nitrogen and oxygen atoms in total. The highest BCUT2D eigenvalue weighted by molar-refractivity contribution is 5.78. The lowest BCUT2D eigenvalue weighted by Crippen LogP contribution is -2.52. The SMILES string of the molecule is CN1C(=O)CCC[C@@H]2CN(C(=O)CCN3CCc4ccccc43)CC[C@H]21. The van der Waals surface area contributed by atoms with E-state index >= 15 is 0 Å². The summed E-state index contributed by atoms with van der Waals surface area (Å²) in [5.74, 6) is 0.979. The number of hydrogen-bond donors (Lipinski definition) is 0. The molecule has 5 heteroatoms. The van der Waals surface area contributed by atoms with Gasteiger partial charge in [0.2, 0.25) is 11.8 Å². The van der Waals surface area contributed by atoms with Crippen LogP contribution < -0.4 is 4.90 Å². The maximum Gasteiger partial charge on any atom is 0.224 e. The predicted octanol–water partition coefficient (Wildman–Crippen LogP) is 2.30. The molecule has 26 heavy (non-hydrogen) atoms. The van der Waals surface area contributed by atoms with E-state index in [1.165, 1.54) is 11.3 Å². The molecule has 3 aliphatic rings. The Morgan fingerprint density at radius 1 is 1.15 bits per heavy atom. The van der Waals surface area contributed by atoms with Crippen LogP contribution in [0.1, 0.15) is 37.7 Å². The number of amides is 2. The molecule has 3 heterocycles. The van der Waals surface area contributed by atoms with E-state index in [4.69, 9.17) is 0 Å². The van der Waals surface area contributed by atoms with Gasteiger partial charge in [0.15, 0.2) is 0 Å². The second-order valence-corrected chi connectivity index (χ2v) is 7.97. The fourth-order valence-corrected chi connectivity index (χ4v) is 4.94. The number of anilines is 1. The first-order valence-corrected chi connectivity index (χ1v) is 10.00. The van der Waals surface area contributed by atoms with Gasteiger partial charge in [0, 0.05) is 57.8 Å². The van der Waals surface area contributed by atoms with Crippen molar-refractivity contribution in [3.8, 4) is 0 Å². The standard InChI is InChI=1S/C21H29N3O2/c1-22-18-10-13-24(15-17(18)6-4-8-20(22)25)21(26)11-14-23-12-9-16-5-2-3-7-19(16)23/h2-3,5,7,17-18H,4,6,8-15H2,1H3/t17-,18-/m1/s1. The van der Waals surface area contributed by atoms with Gasteiger partial charge in [-0.15, -0.1) is 0 Å². The minimum Gasteiger partial charge on any atom is -0.370 e. The molecule has 0 saturated carbocycles. The molecule has 0 radical (unpaired) electrons. The highest BCUT2D eigenvalue weighted by Crippen LogP contribution is 2.30. The molecule has 2 fully saturated rings. The Labute approximate surface area is 155 Å². The van der Waals surface area contributed by atoms with E-state index in [0.717, 1.165) is 51.9 Å². The average Bonchev–Trinajstić information content (AvgIpc) is 3.02. The van der Waals surface area contributed by atoms with Crippen LogP contribution in [0.5, 0.6) is 0 Å². The molecule has 0 unspecified atom stereocenters. The zero-order valence-corrected chi connectivity index (χ0v) is 15.7. The van der Waals surface area contributed by atoms with Gasteiger partial charge in [0.05, 0.1) is 0 Å². The van der Waals surface area contributed by atoms with Crippen molar-refractivity contribution in [2.24, 2.45) is 5.92 Å². The molecule has 0 spiro atoms. The highest BCUT2D eigenvalue weighted by atomic mass is 16.2. The molecule has 0 aromatic heterocycles. The lowest BCUT2D eigenvalue weighted by Gasteiger charge is -2.41. The molecule has 2 atom stereocenters. The molecule has 1 aromatic rings. The molecular formula is C21H29N3O2. The van der Waals surface area contributed by atoms with Crippen molar-refractivity contribution >= 4 is 17.5 Å². The Morgan fingerprint density at radius 2 is 2.00 bits per heavy atom. The molecule has 2 amide bonds. The van der Waals surface area contributed by atoms with Crippen molar-refractivity contribution in [3.05, 3.63) is 29.8 Å². The molecule has 0 aliphatic carbocycles. The van der Waals surface area contributed by atoms with Gasteiger partial charge in [-0.25, -0.2) is 0 Å². The number of hydrogen-bond acceptors (Lipinski definition) is 3. The third-order valence-electron chi connectivity index (χ3n) is 6.48. The number of carbonyl (C=O) groups excluding carboxylic acids is 2. The van der Waals surface area contributed by atoms with E-state index in [-0.39, 0.29) is 11.8 Å². The van der Waals surface area contributed by atoms with Crippen LogP contribution in [0.2, 0.25) is 0 Å². The van der Waals surface area contributed by atoms with Gasteiger partial charge in [0.25, 0.3) is 0 Å². The zero-order chi connectivity index (χ0) is 18.1. The molecule has 0 bridgehead atoms. The third kappa shape index (κ3) is 3.31. The van der Waals surface area contributed by atoms with Gasteiger partial charge < -0.3 is 14.7 Å². The number of nitrogens with zero attached hydrogens (tertiary/aromatic N) is 3. The summed E-state index contributed by atoms with van der Waals surface area (Å²) in [6, 6.07) is 8.84. The number of likely N-dealkylation sites (tertiary alicyclic amines) is 2. The minimum atomic E-state index is 0.268. The predicted molar refractivity (Wildman–Crippen MR) is 102 cm³/mol. The molecule has 1 aromatic carbocycles. The molecule has 3 aliphatic heterocycles. The normalized spacial score (nSPS) is 25.7. The number of benzene rings is 1. The Kier molecular flexibility index (Phi) is 4.88. The molecule has 2 saturated heterocycles. The van der Waals surface area contributed by atoms with Crippen molar-refractivity contribution in [2.45, 2.75) is 44.6 Å². The first-order valence-electron chi connectivity index (χ1n) is 10.00. The zero-order valence-electron chi connectivity index (χ0n) is 15.7. The number of para-hydroxylation sites is 1. The fourth-order valence-electron chi connectivity index (χ4n) is 4.94. The summed E-state index contributed by atoms with van der Waals surface area (Å²) in [7, 11) is 1.94. The van der Waals surface area contributed by atoms with Gasteiger partial charge in [-0.3, -0.25) is 9.59 Å². The van der Waals surface area contributed by atoms with Gasteiger partial charge in [0.1, 0.15) is 0 Å². The van der Waals surface area contributed by atoms with E-state index in [9.17, 15) is 9.59 Å². The van der Waals surface area contributed by atoms with Crippen molar-refractivity contribution in [3.63, 3.8) is 0 Å². The monoisotopic (exact) mass is 355 g/mol. The summed E-state index contributed by atoms with van der Waals surface area (Å²) in [5, 5.41) is 0. The Bertz CT molecular complexity index is 690. The van der Waals surface area contributed by atoms with Crippen LogP contribution in [0, 0.1) is 5.92 Å². The van der Waals surface area contributed by atoms with E-state index in [0.29, 0.717) is 24.8 Å². The van der Waals surface area contributed by atoms with Crippen molar-refractivity contribution in [1.29, 1.82) is 0 Å². The summed E-state index contributed by atoms with van der Waals surface area (Å²) in [6.07, 6.45) is 5.26. The molecule has 140 valence electrons. The summed E-state index contributed by atoms with van der Waals surface area (Å²) in [4.78, 5) is 31.2. The second kappa shape index (κ2) is 7.29. The first-order chi connectivity index (χ1) is 12.6. The largest absolute Gasteiger partial charge is 0.370 e. The quantitative estimate of drug-likeness (QED) is 0.836. The Balaban J connectivity index is 1.33. The summed E-state index contributed by atoms with van der Waals surface area (Å²) in [6.45, 7) is 3.43. The van der Waals surface area contributed by atoms with Crippen LogP contribution in [0.4, 0.5) is 5.69 Å². The van der Waals surface area contributed by atoms with Crippen molar-refractivity contribution in [1.82, 2.24) is 9.80 Å². The number of rotatable bonds is 3. The minimum absolute atomic E-state index is 0.268. The van der Waals surface area contributed by atoms with Gasteiger partial charge in [-0.1, -0.05) is 18.2 Å². The molecule has 4 rings (SSSR count). The highest BCUT2D eigenvalue weighted by Gasteiger charge is 2.36. The average molecular weight is 355 g/mol. The Hall–Kier alpha value is -2.04. The lowest BCUT2D eigenvalue weighted by atomic mass is 9.88. The van der Waals surface area contributed by atoms with Crippen molar-refractivity contribution in [2.75, 3.05) is 38.1 Å². The van der Waals surface area contributed by atoms with Gasteiger partial charge in [-0.05, 0) is 43.2 Å². The van der Waals surface area contributed by atoms with Crippen LogP contribution in [-0.2, 0) is 16.0 Å². The lowest BCUT2D eigenvalue weighted by molar-refractivity contribution is -0.136. The van der Waals surface area contributed by atoms with Crippen LogP contribution in [-0.4, -0.2) is 60.9 Å². The number of fused-ring (bicyclic) bond motifs is 2. The number of carbonyl (C=O) groups is 2. The van der Waals surface area contributed by atoms with Gasteiger partial charge in [-0.2, -0.15) is 0 Å². The van der Waals surface area contributed by atoms with Crippen LogP contribution >= 0.6 is 0 Å². The second-order valence-electron chi connectivity index (χ2n) is 7.97. The van der Waals surface area contributed by atoms with Crippen molar-refractivity contribution < 1.29 is 9.59 Å². The van der Waals surface area contributed by atoms with E-state index in [1.54, 1.807) is 0 Å². The van der Waals surface area contributed by atoms with Gasteiger partial charge >= 0.3 is 0 Å². The molecular weight excluding hydrogens is 326 g/mol. The maximum absolute atomic E-state index is 12.8. The smallest absolute Gasteiger partial charge is 0.224 e. The molecule has 0 N–H and O–H groups in total. The van der Waals surface area contributed by atoms with E-state index in [1.807, 2.05) is 16.8 Å². The topological polar surface area (TPSA) is 43.9 Å². The van der Waals surface area contributed by atoms with E-state index < -0.39 is 0 Å². The fraction of sp³-hybridized carbons (Fsp3) is 0.619. The third-order valence-corrected chi connectivity index (χ3v) is 6.48. The Morgan fingerprint density at radius 3 is 2.88 bits per heavy atom. The van der Waals surface area contributed by atoms with Crippen LogP contribution in [0.25, 0.3) is 0 Å². The van der Waals surface area contributed by atoms with E-state index in [2.05, 4.69) is 29.2 Å². The maximum atomic E-state index is 12.8. The summed E-state index contributed by atoms with van der Waals surface area (Å²) < 4.78 is 0. The van der Waals surface area contributed by atoms with Crippen LogP contribution in [0.15, 0.2) is 24.3 Å². The number of piperidine rings is 1.